The third kappa shape index (κ3) is 4.34. The molecule has 0 aliphatic rings. The summed E-state index contributed by atoms with van der Waals surface area (Å²) in [4.78, 5) is 20.2. The van der Waals surface area contributed by atoms with Crippen LogP contribution in [0.2, 0.25) is 0 Å². The predicted octanol–water partition coefficient (Wildman–Crippen LogP) is 3.25. The number of rotatable bonds is 5. The van der Waals surface area contributed by atoms with Crippen LogP contribution >= 0.6 is 15.9 Å². The van der Waals surface area contributed by atoms with E-state index in [0.29, 0.717) is 10.2 Å². The summed E-state index contributed by atoms with van der Waals surface area (Å²) in [5, 5.41) is 11.6. The van der Waals surface area contributed by atoms with Gasteiger partial charge in [-0.1, -0.05) is 0 Å². The van der Waals surface area contributed by atoms with Gasteiger partial charge in [0, 0.05) is 23.4 Å². The van der Waals surface area contributed by atoms with Crippen LogP contribution in [0.5, 0.6) is 0 Å². The van der Waals surface area contributed by atoms with Gasteiger partial charge in [-0.25, -0.2) is 18.2 Å². The first-order valence-corrected chi connectivity index (χ1v) is 8.38. The maximum absolute atomic E-state index is 13.3. The Bertz CT molecular complexity index is 987. The van der Waals surface area contributed by atoms with Crippen molar-refractivity contribution in [2.24, 2.45) is 0 Å². The quantitative estimate of drug-likeness (QED) is 0.596. The molecule has 2 N–H and O–H groups in total. The molecular weight excluding hydrogens is 429 g/mol. The van der Waals surface area contributed by atoms with Crippen LogP contribution in [0.15, 0.2) is 41.4 Å². The average molecular weight is 441 g/mol. The van der Waals surface area contributed by atoms with E-state index in [9.17, 15) is 18.0 Å². The molecule has 0 bridgehead atoms. The molecule has 140 valence electrons. The van der Waals surface area contributed by atoms with Gasteiger partial charge in [0.2, 0.25) is 0 Å². The highest BCUT2D eigenvalue weighted by molar-refractivity contribution is 9.10. The van der Waals surface area contributed by atoms with E-state index < -0.39 is 23.4 Å². The molecule has 2 heterocycles. The first-order chi connectivity index (χ1) is 12.9. The van der Waals surface area contributed by atoms with Crippen molar-refractivity contribution in [2.75, 3.05) is 5.32 Å². The number of imidazole rings is 1. The fourth-order valence-electron chi connectivity index (χ4n) is 2.32. The number of hydrogen-bond acceptors (Lipinski definition) is 4. The summed E-state index contributed by atoms with van der Waals surface area (Å²) in [6.07, 6.45) is 4.13. The molecule has 0 saturated heterocycles. The number of aromatic nitrogens is 3. The third-order valence-corrected chi connectivity index (χ3v) is 4.30. The van der Waals surface area contributed by atoms with Gasteiger partial charge in [0.1, 0.15) is 0 Å². The highest BCUT2D eigenvalue weighted by Gasteiger charge is 2.13. The van der Waals surface area contributed by atoms with Crippen molar-refractivity contribution in [3.05, 3.63) is 75.7 Å². The Balaban J connectivity index is 1.71. The summed E-state index contributed by atoms with van der Waals surface area (Å²) in [5.41, 5.74) is 0.847. The summed E-state index contributed by atoms with van der Waals surface area (Å²) in [6, 6.07) is 3.29. The summed E-state index contributed by atoms with van der Waals surface area (Å²) < 4.78 is 41.5. The second kappa shape index (κ2) is 7.89. The molecule has 3 rings (SSSR count). The van der Waals surface area contributed by atoms with Crippen molar-refractivity contribution in [1.29, 1.82) is 0 Å². The zero-order chi connectivity index (χ0) is 19.6. The van der Waals surface area contributed by atoms with Gasteiger partial charge in [0.15, 0.2) is 23.3 Å². The molecule has 10 heteroatoms. The van der Waals surface area contributed by atoms with Crippen molar-refractivity contribution >= 4 is 27.7 Å². The van der Waals surface area contributed by atoms with Gasteiger partial charge in [-0.2, -0.15) is 0 Å². The van der Waals surface area contributed by atoms with Crippen LogP contribution in [0.1, 0.15) is 21.6 Å². The number of carbonyl (C=O) groups is 1. The maximum Gasteiger partial charge on any atom is 0.258 e. The molecule has 6 nitrogen and oxygen atoms in total. The predicted molar refractivity (Wildman–Crippen MR) is 93.5 cm³/mol. The van der Waals surface area contributed by atoms with E-state index in [0.717, 1.165) is 12.1 Å². The Morgan fingerprint density at radius 3 is 2.52 bits per heavy atom. The fourth-order valence-corrected chi connectivity index (χ4v) is 2.79. The van der Waals surface area contributed by atoms with E-state index in [1.165, 1.54) is 29.4 Å². The summed E-state index contributed by atoms with van der Waals surface area (Å²) in [5.74, 6) is -4.34. The van der Waals surface area contributed by atoms with Gasteiger partial charge >= 0.3 is 0 Å². The van der Waals surface area contributed by atoms with Gasteiger partial charge in [-0.05, 0) is 39.7 Å². The second-order valence-electron chi connectivity index (χ2n) is 5.57. The van der Waals surface area contributed by atoms with E-state index in [2.05, 4.69) is 31.2 Å². The number of amides is 1. The maximum atomic E-state index is 13.3. The molecule has 0 radical (unpaired) electrons. The average Bonchev–Trinajstić information content (AvgIpc) is 3.06. The number of halogens is 4. The lowest BCUT2D eigenvalue weighted by atomic mass is 10.2. The van der Waals surface area contributed by atoms with Crippen LogP contribution in [-0.4, -0.2) is 25.5 Å². The van der Waals surface area contributed by atoms with Crippen molar-refractivity contribution in [1.82, 2.24) is 14.5 Å². The van der Waals surface area contributed by atoms with Gasteiger partial charge in [0.25, 0.3) is 5.91 Å². The zero-order valence-electron chi connectivity index (χ0n) is 13.6. The van der Waals surface area contributed by atoms with Crippen LogP contribution in [0.3, 0.4) is 0 Å². The second-order valence-corrected chi connectivity index (χ2v) is 6.42. The molecule has 0 saturated carbocycles. The number of benzene rings is 1. The minimum atomic E-state index is -1.52. The minimum Gasteiger partial charge on any atom is -0.390 e. The third-order valence-electron chi connectivity index (χ3n) is 3.61. The molecule has 3 aromatic rings. The molecule has 27 heavy (non-hydrogen) atoms. The first-order valence-electron chi connectivity index (χ1n) is 7.59. The summed E-state index contributed by atoms with van der Waals surface area (Å²) in [6.45, 7) is -0.229. The molecule has 0 aliphatic carbocycles. The standard InChI is InChI=1S/C17H12BrF3N4O2/c18-11-3-10(4-22-14(11)7-26)17(27)24-15-6-25(8-23-15)5-9-1-12(19)16(21)13(20)2-9/h1-4,6,8,26H,5,7H2,(H,24,27). The van der Waals surface area contributed by atoms with Gasteiger partial charge in [0.05, 0.1) is 24.2 Å². The van der Waals surface area contributed by atoms with E-state index in [1.807, 2.05) is 0 Å². The van der Waals surface area contributed by atoms with E-state index in [-0.39, 0.29) is 30.1 Å². The number of nitrogens with zero attached hydrogens (tertiary/aromatic N) is 3. The van der Waals surface area contributed by atoms with Crippen molar-refractivity contribution in [2.45, 2.75) is 13.2 Å². The Morgan fingerprint density at radius 1 is 1.19 bits per heavy atom. The molecule has 0 aliphatic heterocycles. The van der Waals surface area contributed by atoms with E-state index >= 15 is 0 Å². The number of hydrogen-bond donors (Lipinski definition) is 2. The first kappa shape index (κ1) is 19.1. The van der Waals surface area contributed by atoms with Crippen molar-refractivity contribution in [3.63, 3.8) is 0 Å². The molecule has 1 aromatic carbocycles. The van der Waals surface area contributed by atoms with E-state index in [4.69, 9.17) is 5.11 Å². The van der Waals surface area contributed by atoms with Crippen LogP contribution in [-0.2, 0) is 13.2 Å². The summed E-state index contributed by atoms with van der Waals surface area (Å²) in [7, 11) is 0. The van der Waals surface area contributed by atoms with Gasteiger partial charge < -0.3 is 15.0 Å². The highest BCUT2D eigenvalue weighted by atomic mass is 79.9. The van der Waals surface area contributed by atoms with Crippen LogP contribution < -0.4 is 5.32 Å². The van der Waals surface area contributed by atoms with Gasteiger partial charge in [-0.3, -0.25) is 9.78 Å². The molecule has 0 spiro atoms. The number of aliphatic hydroxyl groups is 1. The number of aliphatic hydroxyl groups excluding tert-OH is 1. The lowest BCUT2D eigenvalue weighted by Gasteiger charge is -2.05. The molecule has 0 atom stereocenters. The van der Waals surface area contributed by atoms with Crippen LogP contribution in [0.25, 0.3) is 0 Å². The van der Waals surface area contributed by atoms with E-state index in [1.54, 1.807) is 0 Å². The monoisotopic (exact) mass is 440 g/mol. The summed E-state index contributed by atoms with van der Waals surface area (Å²) >= 11 is 3.21. The fraction of sp³-hybridized carbons (Fsp3) is 0.118. The number of pyridine rings is 1. The Kier molecular flexibility index (Phi) is 5.57. The van der Waals surface area contributed by atoms with Crippen molar-refractivity contribution < 1.29 is 23.1 Å². The number of carbonyl (C=O) groups excluding carboxylic acids is 1. The number of anilines is 1. The lowest BCUT2D eigenvalue weighted by molar-refractivity contribution is 0.102. The van der Waals surface area contributed by atoms with Crippen LogP contribution in [0.4, 0.5) is 19.0 Å². The topological polar surface area (TPSA) is 80.0 Å². The largest absolute Gasteiger partial charge is 0.390 e. The molecular formula is C17H12BrF3N4O2. The Morgan fingerprint density at radius 2 is 1.89 bits per heavy atom. The SMILES string of the molecule is O=C(Nc1cn(Cc2cc(F)c(F)c(F)c2)cn1)c1cnc(CO)c(Br)c1. The van der Waals surface area contributed by atoms with Gasteiger partial charge in [-0.15, -0.1) is 0 Å². The molecule has 1 amide bonds. The van der Waals surface area contributed by atoms with Crippen molar-refractivity contribution in [3.8, 4) is 0 Å². The number of nitrogens with one attached hydrogen (secondary N) is 1. The highest BCUT2D eigenvalue weighted by Crippen LogP contribution is 2.18. The zero-order valence-corrected chi connectivity index (χ0v) is 15.2. The van der Waals surface area contributed by atoms with Crippen LogP contribution in [0, 0.1) is 17.5 Å². The Hall–Kier alpha value is -2.72. The Labute approximate surface area is 159 Å². The smallest absolute Gasteiger partial charge is 0.258 e. The molecule has 0 fully saturated rings. The lowest BCUT2D eigenvalue weighted by Crippen LogP contribution is -2.13. The minimum absolute atomic E-state index is 0.0370. The normalized spacial score (nSPS) is 10.9. The molecule has 2 aromatic heterocycles. The molecule has 0 unspecified atom stereocenters.